The molecule has 1 unspecified atom stereocenters. The van der Waals surface area contributed by atoms with Crippen LogP contribution in [0.3, 0.4) is 0 Å². The molecule has 0 radical (unpaired) electrons. The van der Waals surface area contributed by atoms with Gasteiger partial charge in [-0.05, 0) is 36.8 Å². The Morgan fingerprint density at radius 1 is 1.20 bits per heavy atom. The van der Waals surface area contributed by atoms with Gasteiger partial charge in [0.25, 0.3) is 5.69 Å². The summed E-state index contributed by atoms with van der Waals surface area (Å²) in [7, 11) is -2.63. The topological polar surface area (TPSA) is 116 Å². The zero-order valence-corrected chi connectivity index (χ0v) is 14.3. The second kappa shape index (κ2) is 6.99. The van der Waals surface area contributed by atoms with E-state index >= 15 is 0 Å². The lowest BCUT2D eigenvalue weighted by Gasteiger charge is -2.25. The summed E-state index contributed by atoms with van der Waals surface area (Å²) in [6, 6.07) is 10.8. The number of carbonyl (C=O) groups excluding carboxylic acids is 1. The minimum atomic E-state index is -4.08. The minimum Gasteiger partial charge on any atom is -0.497 e. The number of carbonyl (C=O) groups is 1. The molecular weight excluding hydrogens is 348 g/mol. The Bertz CT molecular complexity index is 895. The number of nitrogens with one attached hydrogen (secondary N) is 1. The SMILES string of the molecule is COc1cccc(C(C)(C=O)NS(=O)(=O)c2ccc([N+](=O)[O-])cc2)c1. The smallest absolute Gasteiger partial charge is 0.269 e. The van der Waals surface area contributed by atoms with Crippen LogP contribution >= 0.6 is 0 Å². The molecule has 0 spiro atoms. The fourth-order valence-electron chi connectivity index (χ4n) is 2.18. The summed E-state index contributed by atoms with van der Waals surface area (Å²) in [6.45, 7) is 1.41. The van der Waals surface area contributed by atoms with Crippen LogP contribution in [0.15, 0.2) is 53.4 Å². The normalized spacial score (nSPS) is 13.7. The van der Waals surface area contributed by atoms with Crippen molar-refractivity contribution in [3.63, 3.8) is 0 Å². The number of hydrogen-bond acceptors (Lipinski definition) is 6. The van der Waals surface area contributed by atoms with Gasteiger partial charge in [-0.2, -0.15) is 4.72 Å². The van der Waals surface area contributed by atoms with E-state index in [2.05, 4.69) is 4.72 Å². The Morgan fingerprint density at radius 3 is 2.36 bits per heavy atom. The Labute approximate surface area is 144 Å². The molecule has 2 aromatic rings. The molecule has 2 rings (SSSR count). The minimum absolute atomic E-state index is 0.186. The highest BCUT2D eigenvalue weighted by molar-refractivity contribution is 7.89. The number of hydrogen-bond donors (Lipinski definition) is 1. The molecule has 1 N–H and O–H groups in total. The summed E-state index contributed by atoms with van der Waals surface area (Å²) in [5, 5.41) is 10.7. The number of rotatable bonds is 7. The fraction of sp³-hybridized carbons (Fsp3) is 0.188. The second-order valence-electron chi connectivity index (χ2n) is 5.41. The van der Waals surface area contributed by atoms with E-state index in [9.17, 15) is 23.3 Å². The van der Waals surface area contributed by atoms with Gasteiger partial charge in [0.2, 0.25) is 10.0 Å². The summed E-state index contributed by atoms with van der Waals surface area (Å²) in [5.41, 5.74) is -1.37. The molecule has 25 heavy (non-hydrogen) atoms. The number of benzene rings is 2. The van der Waals surface area contributed by atoms with Gasteiger partial charge in [-0.25, -0.2) is 8.42 Å². The Kier molecular flexibility index (Phi) is 5.19. The molecule has 0 aliphatic heterocycles. The van der Waals surface area contributed by atoms with E-state index in [-0.39, 0.29) is 10.6 Å². The van der Waals surface area contributed by atoms with Crippen molar-refractivity contribution in [2.75, 3.05) is 7.11 Å². The van der Waals surface area contributed by atoms with Crippen LogP contribution in [0.5, 0.6) is 5.75 Å². The highest BCUT2D eigenvalue weighted by Gasteiger charge is 2.32. The number of aldehydes is 1. The van der Waals surface area contributed by atoms with E-state index in [0.717, 1.165) is 24.3 Å². The van der Waals surface area contributed by atoms with Gasteiger partial charge < -0.3 is 9.53 Å². The molecule has 0 aliphatic rings. The van der Waals surface area contributed by atoms with E-state index in [1.54, 1.807) is 24.3 Å². The van der Waals surface area contributed by atoms with E-state index < -0.39 is 20.5 Å². The van der Waals surface area contributed by atoms with Crippen LogP contribution in [-0.4, -0.2) is 26.7 Å². The molecule has 0 heterocycles. The number of sulfonamides is 1. The summed E-state index contributed by atoms with van der Waals surface area (Å²) in [5.74, 6) is 0.472. The third-order valence-corrected chi connectivity index (χ3v) is 5.19. The largest absolute Gasteiger partial charge is 0.497 e. The molecule has 0 saturated heterocycles. The van der Waals surface area contributed by atoms with E-state index in [0.29, 0.717) is 17.6 Å². The Morgan fingerprint density at radius 2 is 1.84 bits per heavy atom. The van der Waals surface area contributed by atoms with Crippen molar-refractivity contribution in [3.05, 3.63) is 64.2 Å². The average Bonchev–Trinajstić information content (AvgIpc) is 2.61. The van der Waals surface area contributed by atoms with Crippen molar-refractivity contribution < 1.29 is 22.9 Å². The molecule has 0 bridgehead atoms. The molecule has 0 aliphatic carbocycles. The van der Waals surface area contributed by atoms with Crippen LogP contribution in [0.2, 0.25) is 0 Å². The standard InChI is InChI=1S/C16H16N2O6S/c1-16(11-19,12-4-3-5-14(10-12)24-2)17-25(22,23)15-8-6-13(7-9-15)18(20)21/h3-11,17H,1-2H3. The lowest BCUT2D eigenvalue weighted by atomic mass is 9.95. The zero-order chi connectivity index (χ0) is 18.7. The van der Waals surface area contributed by atoms with Crippen molar-refractivity contribution in [1.29, 1.82) is 0 Å². The van der Waals surface area contributed by atoms with Gasteiger partial charge in [-0.1, -0.05) is 12.1 Å². The molecule has 0 saturated carbocycles. The van der Waals surface area contributed by atoms with Gasteiger partial charge in [0.15, 0.2) is 0 Å². The number of methoxy groups -OCH3 is 1. The first kappa shape index (κ1) is 18.6. The highest BCUT2D eigenvalue weighted by Crippen LogP contribution is 2.25. The Balaban J connectivity index is 2.38. The average molecular weight is 364 g/mol. The fourth-order valence-corrected chi connectivity index (χ4v) is 3.52. The first-order valence-corrected chi connectivity index (χ1v) is 8.59. The molecule has 1 atom stereocenters. The highest BCUT2D eigenvalue weighted by atomic mass is 32.2. The number of nitro groups is 1. The summed E-state index contributed by atoms with van der Waals surface area (Å²) in [6.07, 6.45) is 0.477. The molecular formula is C16H16N2O6S. The molecule has 0 aromatic heterocycles. The molecule has 9 heteroatoms. The van der Waals surface area contributed by atoms with Crippen LogP contribution in [0.25, 0.3) is 0 Å². The maximum Gasteiger partial charge on any atom is 0.269 e. The number of ether oxygens (including phenoxy) is 1. The summed E-state index contributed by atoms with van der Waals surface area (Å²) < 4.78 is 32.5. The third-order valence-electron chi connectivity index (χ3n) is 3.61. The van der Waals surface area contributed by atoms with Crippen LogP contribution in [-0.2, 0) is 20.4 Å². The molecule has 8 nitrogen and oxygen atoms in total. The van der Waals surface area contributed by atoms with Gasteiger partial charge >= 0.3 is 0 Å². The van der Waals surface area contributed by atoms with Gasteiger partial charge in [-0.3, -0.25) is 10.1 Å². The van der Waals surface area contributed by atoms with Gasteiger partial charge in [0.1, 0.15) is 17.6 Å². The maximum absolute atomic E-state index is 12.5. The monoisotopic (exact) mass is 364 g/mol. The van der Waals surface area contributed by atoms with E-state index in [4.69, 9.17) is 4.74 Å². The van der Waals surface area contributed by atoms with Gasteiger partial charge in [0.05, 0.1) is 16.9 Å². The van der Waals surface area contributed by atoms with Gasteiger partial charge in [-0.15, -0.1) is 0 Å². The third kappa shape index (κ3) is 4.01. The van der Waals surface area contributed by atoms with Crippen LogP contribution in [0.4, 0.5) is 5.69 Å². The first-order valence-electron chi connectivity index (χ1n) is 7.11. The molecule has 2 aromatic carbocycles. The molecule has 0 fully saturated rings. The van der Waals surface area contributed by atoms with Crippen LogP contribution in [0.1, 0.15) is 12.5 Å². The summed E-state index contributed by atoms with van der Waals surface area (Å²) >= 11 is 0. The number of nitrogens with zero attached hydrogens (tertiary/aromatic N) is 1. The zero-order valence-electron chi connectivity index (χ0n) is 13.5. The van der Waals surface area contributed by atoms with E-state index in [1.165, 1.54) is 14.0 Å². The van der Waals surface area contributed by atoms with Crippen molar-refractivity contribution in [3.8, 4) is 5.75 Å². The molecule has 132 valence electrons. The summed E-state index contributed by atoms with van der Waals surface area (Å²) in [4.78, 5) is 21.5. The first-order chi connectivity index (χ1) is 11.7. The maximum atomic E-state index is 12.5. The van der Waals surface area contributed by atoms with Crippen molar-refractivity contribution in [1.82, 2.24) is 4.72 Å². The van der Waals surface area contributed by atoms with E-state index in [1.807, 2.05) is 0 Å². The quantitative estimate of drug-likeness (QED) is 0.456. The van der Waals surface area contributed by atoms with Crippen molar-refractivity contribution in [2.24, 2.45) is 0 Å². The lowest BCUT2D eigenvalue weighted by Crippen LogP contribution is -2.44. The van der Waals surface area contributed by atoms with Gasteiger partial charge in [0, 0.05) is 12.1 Å². The lowest BCUT2D eigenvalue weighted by molar-refractivity contribution is -0.384. The predicted octanol–water partition coefficient (Wildman–Crippen LogP) is 2.00. The number of nitro benzene ring substituents is 1. The predicted molar refractivity (Wildman–Crippen MR) is 89.8 cm³/mol. The van der Waals surface area contributed by atoms with Crippen LogP contribution in [0, 0.1) is 10.1 Å². The number of non-ortho nitro benzene ring substituents is 1. The van der Waals surface area contributed by atoms with Crippen molar-refractivity contribution >= 4 is 22.0 Å². The molecule has 0 amide bonds. The Hall–Kier alpha value is -2.78. The van der Waals surface area contributed by atoms with Crippen LogP contribution < -0.4 is 9.46 Å². The van der Waals surface area contributed by atoms with Crippen molar-refractivity contribution in [2.45, 2.75) is 17.4 Å². The second-order valence-corrected chi connectivity index (χ2v) is 7.09.